The van der Waals surface area contributed by atoms with E-state index in [1.165, 1.54) is 0 Å². The number of aromatic amines is 1. The lowest BCUT2D eigenvalue weighted by Crippen LogP contribution is -2.20. The zero-order valence-electron chi connectivity index (χ0n) is 15.3. The van der Waals surface area contributed by atoms with E-state index < -0.39 is 11.9 Å². The SMILES string of the molecule is CC(C)c1c(O)c(O)n(-c2ccc3nc[nH]c3c2)c1C1COC(C)(C)O1. The van der Waals surface area contributed by atoms with Crippen LogP contribution in [0.3, 0.4) is 0 Å². The van der Waals surface area contributed by atoms with Crippen LogP contribution >= 0.6 is 0 Å². The molecule has 3 N–H and O–H groups in total. The Morgan fingerprint density at radius 2 is 2.08 bits per heavy atom. The molecule has 3 aromatic rings. The van der Waals surface area contributed by atoms with Crippen LogP contribution in [0.5, 0.6) is 11.6 Å². The minimum absolute atomic E-state index is 0.000322. The first-order chi connectivity index (χ1) is 12.3. The van der Waals surface area contributed by atoms with Crippen molar-refractivity contribution in [2.24, 2.45) is 0 Å². The van der Waals surface area contributed by atoms with Crippen molar-refractivity contribution in [3.8, 4) is 17.3 Å². The van der Waals surface area contributed by atoms with E-state index in [1.807, 2.05) is 45.9 Å². The molecule has 1 aromatic carbocycles. The van der Waals surface area contributed by atoms with E-state index in [2.05, 4.69) is 9.97 Å². The van der Waals surface area contributed by atoms with E-state index in [1.54, 1.807) is 10.9 Å². The smallest absolute Gasteiger partial charge is 0.239 e. The van der Waals surface area contributed by atoms with Crippen molar-refractivity contribution >= 4 is 11.0 Å². The highest BCUT2D eigenvalue weighted by Crippen LogP contribution is 2.47. The minimum atomic E-state index is -0.716. The Morgan fingerprint density at radius 3 is 2.73 bits per heavy atom. The lowest BCUT2D eigenvalue weighted by atomic mass is 10.00. The molecule has 0 aliphatic carbocycles. The van der Waals surface area contributed by atoms with E-state index in [9.17, 15) is 10.2 Å². The van der Waals surface area contributed by atoms with Gasteiger partial charge < -0.3 is 24.7 Å². The second-order valence-corrected chi connectivity index (χ2v) is 7.38. The molecule has 1 atom stereocenters. The Hall–Kier alpha value is -2.51. The van der Waals surface area contributed by atoms with E-state index in [-0.39, 0.29) is 17.5 Å². The standard InChI is InChI=1S/C19H23N3O4/c1-10(2)15-16(14-8-25-19(3,4)26-14)22(18(24)17(15)23)11-5-6-12-13(7-11)21-9-20-12/h5-7,9-10,14,23-24H,8H2,1-4H3,(H,20,21). The summed E-state index contributed by atoms with van der Waals surface area (Å²) in [7, 11) is 0. The summed E-state index contributed by atoms with van der Waals surface area (Å²) in [5, 5.41) is 21.3. The number of benzene rings is 1. The maximum atomic E-state index is 10.7. The Kier molecular flexibility index (Phi) is 3.75. The number of hydrogen-bond acceptors (Lipinski definition) is 5. The first kappa shape index (κ1) is 16.9. The molecule has 7 heteroatoms. The second-order valence-electron chi connectivity index (χ2n) is 7.38. The van der Waals surface area contributed by atoms with Crippen LogP contribution < -0.4 is 0 Å². The van der Waals surface area contributed by atoms with E-state index in [0.717, 1.165) is 11.0 Å². The summed E-state index contributed by atoms with van der Waals surface area (Å²) in [6.07, 6.45) is 1.23. The van der Waals surface area contributed by atoms with Gasteiger partial charge in [0, 0.05) is 5.56 Å². The number of hydrogen-bond donors (Lipinski definition) is 3. The van der Waals surface area contributed by atoms with Crippen LogP contribution in [0.1, 0.15) is 51.0 Å². The topological polar surface area (TPSA) is 92.5 Å². The van der Waals surface area contributed by atoms with Crippen molar-refractivity contribution in [2.75, 3.05) is 6.61 Å². The number of rotatable bonds is 3. The summed E-state index contributed by atoms with van der Waals surface area (Å²) in [6.45, 7) is 8.00. The Balaban J connectivity index is 1.94. The van der Waals surface area contributed by atoms with Crippen LogP contribution in [0, 0.1) is 0 Å². The van der Waals surface area contributed by atoms with Gasteiger partial charge in [0.1, 0.15) is 6.10 Å². The summed E-state index contributed by atoms with van der Waals surface area (Å²) >= 11 is 0. The van der Waals surface area contributed by atoms with Crippen LogP contribution in [-0.2, 0) is 9.47 Å². The molecule has 7 nitrogen and oxygen atoms in total. The predicted molar refractivity (Wildman–Crippen MR) is 96.7 cm³/mol. The molecular weight excluding hydrogens is 334 g/mol. The molecule has 4 rings (SSSR count). The maximum Gasteiger partial charge on any atom is 0.239 e. The molecule has 26 heavy (non-hydrogen) atoms. The highest BCUT2D eigenvalue weighted by Gasteiger charge is 2.39. The molecule has 1 aliphatic rings. The molecule has 0 radical (unpaired) electrons. The maximum absolute atomic E-state index is 10.7. The van der Waals surface area contributed by atoms with Gasteiger partial charge in [-0.1, -0.05) is 13.8 Å². The third kappa shape index (κ3) is 2.55. The third-order valence-corrected chi connectivity index (χ3v) is 4.75. The molecule has 1 fully saturated rings. The van der Waals surface area contributed by atoms with Gasteiger partial charge in [0.25, 0.3) is 0 Å². The number of fused-ring (bicyclic) bond motifs is 1. The minimum Gasteiger partial charge on any atom is -0.503 e. The highest BCUT2D eigenvalue weighted by atomic mass is 16.7. The fourth-order valence-corrected chi connectivity index (χ4v) is 3.61. The van der Waals surface area contributed by atoms with Crippen LogP contribution in [0.25, 0.3) is 16.7 Å². The number of aromatic hydroxyl groups is 2. The second kappa shape index (κ2) is 5.75. The fraction of sp³-hybridized carbons (Fsp3) is 0.421. The highest BCUT2D eigenvalue weighted by molar-refractivity contribution is 5.77. The molecular formula is C19H23N3O4. The first-order valence-electron chi connectivity index (χ1n) is 8.70. The van der Waals surface area contributed by atoms with E-state index in [4.69, 9.17) is 9.47 Å². The average molecular weight is 357 g/mol. The zero-order valence-corrected chi connectivity index (χ0v) is 15.3. The number of aromatic nitrogens is 3. The predicted octanol–water partition coefficient (Wildman–Crippen LogP) is 3.71. The Bertz CT molecular complexity index is 971. The van der Waals surface area contributed by atoms with Crippen molar-refractivity contribution < 1.29 is 19.7 Å². The first-order valence-corrected chi connectivity index (χ1v) is 8.70. The number of H-pyrrole nitrogens is 1. The van der Waals surface area contributed by atoms with Crippen LogP contribution in [-0.4, -0.2) is 37.1 Å². The quantitative estimate of drug-likeness (QED) is 0.664. The van der Waals surface area contributed by atoms with Gasteiger partial charge in [-0.25, -0.2) is 4.98 Å². The molecule has 1 unspecified atom stereocenters. The average Bonchev–Trinajstić information content (AvgIpc) is 3.24. The van der Waals surface area contributed by atoms with Crippen molar-refractivity contribution in [2.45, 2.75) is 45.5 Å². The van der Waals surface area contributed by atoms with Gasteiger partial charge in [-0.15, -0.1) is 0 Å². The van der Waals surface area contributed by atoms with Gasteiger partial charge in [-0.05, 0) is 38.0 Å². The van der Waals surface area contributed by atoms with Crippen molar-refractivity contribution in [1.29, 1.82) is 0 Å². The monoisotopic (exact) mass is 357 g/mol. The van der Waals surface area contributed by atoms with Gasteiger partial charge in [-0.2, -0.15) is 0 Å². The molecule has 0 saturated carbocycles. The number of ether oxygens (including phenoxy) is 2. The van der Waals surface area contributed by atoms with Gasteiger partial charge in [-0.3, -0.25) is 4.57 Å². The molecule has 138 valence electrons. The van der Waals surface area contributed by atoms with Gasteiger partial charge >= 0.3 is 0 Å². The van der Waals surface area contributed by atoms with E-state index in [0.29, 0.717) is 23.6 Å². The normalized spacial score (nSPS) is 19.7. The molecule has 0 amide bonds. The van der Waals surface area contributed by atoms with Crippen LogP contribution in [0.4, 0.5) is 0 Å². The Labute approximate surface area is 151 Å². The molecule has 0 spiro atoms. The largest absolute Gasteiger partial charge is 0.503 e. The van der Waals surface area contributed by atoms with Crippen LogP contribution in [0.2, 0.25) is 0 Å². The van der Waals surface area contributed by atoms with Gasteiger partial charge in [0.15, 0.2) is 11.5 Å². The van der Waals surface area contributed by atoms with Crippen LogP contribution in [0.15, 0.2) is 24.5 Å². The molecule has 2 aromatic heterocycles. The van der Waals surface area contributed by atoms with Gasteiger partial charge in [0.05, 0.1) is 35.3 Å². The zero-order chi connectivity index (χ0) is 18.6. The lowest BCUT2D eigenvalue weighted by molar-refractivity contribution is -0.139. The van der Waals surface area contributed by atoms with Crippen molar-refractivity contribution in [1.82, 2.24) is 14.5 Å². The summed E-state index contributed by atoms with van der Waals surface area (Å²) in [5.74, 6) is -1.03. The molecule has 0 bridgehead atoms. The summed E-state index contributed by atoms with van der Waals surface area (Å²) < 4.78 is 13.4. The van der Waals surface area contributed by atoms with E-state index >= 15 is 0 Å². The summed E-state index contributed by atoms with van der Waals surface area (Å²) in [5.41, 5.74) is 3.76. The lowest BCUT2D eigenvalue weighted by Gasteiger charge is -2.20. The number of nitrogens with one attached hydrogen (secondary N) is 1. The fourth-order valence-electron chi connectivity index (χ4n) is 3.61. The molecule has 3 heterocycles. The van der Waals surface area contributed by atoms with Crippen molar-refractivity contribution in [3.05, 3.63) is 35.8 Å². The summed E-state index contributed by atoms with van der Waals surface area (Å²) in [6, 6.07) is 5.61. The third-order valence-electron chi connectivity index (χ3n) is 4.75. The Morgan fingerprint density at radius 1 is 1.31 bits per heavy atom. The number of nitrogens with zero attached hydrogens (tertiary/aromatic N) is 2. The summed E-state index contributed by atoms with van der Waals surface area (Å²) in [4.78, 5) is 7.30. The molecule has 1 aliphatic heterocycles. The van der Waals surface area contributed by atoms with Gasteiger partial charge in [0.2, 0.25) is 5.88 Å². The molecule has 1 saturated heterocycles. The number of imidazole rings is 1. The van der Waals surface area contributed by atoms with Crippen molar-refractivity contribution in [3.63, 3.8) is 0 Å².